The van der Waals surface area contributed by atoms with E-state index in [-0.39, 0.29) is 11.3 Å². The lowest BCUT2D eigenvalue weighted by molar-refractivity contribution is -0.155. The molecule has 2 rings (SSSR count). The Labute approximate surface area is 121 Å². The minimum atomic E-state index is -4.63. The van der Waals surface area contributed by atoms with E-state index in [9.17, 15) is 18.0 Å². The molecule has 0 radical (unpaired) electrons. The maximum absolute atomic E-state index is 13.1. The molecule has 9 heteroatoms. The van der Waals surface area contributed by atoms with Crippen LogP contribution in [0.15, 0.2) is 29.6 Å². The van der Waals surface area contributed by atoms with Crippen LogP contribution in [0, 0.1) is 0 Å². The monoisotopic (exact) mass is 317 g/mol. The average Bonchev–Trinajstić information content (AvgIpc) is 2.98. The number of halogens is 3. The normalized spacial score (nSPS) is 12.8. The molecule has 0 bridgehead atoms. The van der Waals surface area contributed by atoms with Gasteiger partial charge in [-0.2, -0.15) is 13.2 Å². The van der Waals surface area contributed by atoms with Gasteiger partial charge in [0.05, 0.1) is 7.11 Å². The Morgan fingerprint density at radius 3 is 2.48 bits per heavy atom. The first-order valence-corrected chi connectivity index (χ1v) is 6.54. The minimum absolute atomic E-state index is 0.0974. The molecule has 0 saturated carbocycles. The molecule has 0 fully saturated rings. The molecule has 112 valence electrons. The van der Waals surface area contributed by atoms with Gasteiger partial charge in [-0.05, 0) is 29.2 Å². The largest absolute Gasteiger partial charge is 0.497 e. The van der Waals surface area contributed by atoms with Gasteiger partial charge in [0.25, 0.3) is 5.91 Å². The van der Waals surface area contributed by atoms with Crippen LogP contribution in [0.4, 0.5) is 13.2 Å². The number of rotatable bonds is 4. The van der Waals surface area contributed by atoms with Gasteiger partial charge in [-0.1, -0.05) is 16.6 Å². The van der Waals surface area contributed by atoms with E-state index < -0.39 is 18.1 Å². The topological polar surface area (TPSA) is 64.1 Å². The highest BCUT2D eigenvalue weighted by molar-refractivity contribution is 7.03. The molecule has 0 aliphatic rings. The molecule has 5 nitrogen and oxygen atoms in total. The fraction of sp³-hybridized carbons (Fsp3) is 0.250. The third kappa shape index (κ3) is 3.69. The molecule has 0 unspecified atom stereocenters. The molecule has 2 aromatic rings. The predicted octanol–water partition coefficient (Wildman–Crippen LogP) is 2.58. The lowest BCUT2D eigenvalue weighted by Gasteiger charge is -2.21. The molecule has 0 aliphatic heterocycles. The molecule has 1 aromatic carbocycles. The van der Waals surface area contributed by atoms with Gasteiger partial charge < -0.3 is 10.1 Å². The van der Waals surface area contributed by atoms with Crippen molar-refractivity contribution < 1.29 is 22.7 Å². The number of carbonyl (C=O) groups excluding carboxylic acids is 1. The van der Waals surface area contributed by atoms with Gasteiger partial charge in [0.2, 0.25) is 0 Å². The number of nitrogens with one attached hydrogen (secondary N) is 1. The number of alkyl halides is 3. The number of amides is 1. The van der Waals surface area contributed by atoms with Crippen molar-refractivity contribution in [3.05, 3.63) is 40.9 Å². The summed E-state index contributed by atoms with van der Waals surface area (Å²) in [6, 6.07) is 3.15. The summed E-state index contributed by atoms with van der Waals surface area (Å²) in [6.07, 6.45) is -4.63. The molecule has 0 aliphatic carbocycles. The van der Waals surface area contributed by atoms with Crippen LogP contribution < -0.4 is 10.1 Å². The third-order valence-electron chi connectivity index (χ3n) is 2.64. The summed E-state index contributed by atoms with van der Waals surface area (Å²) in [6.45, 7) is 0. The van der Waals surface area contributed by atoms with E-state index >= 15 is 0 Å². The summed E-state index contributed by atoms with van der Waals surface area (Å²) in [5.41, 5.74) is -0.248. The Morgan fingerprint density at radius 2 is 2.00 bits per heavy atom. The highest BCUT2D eigenvalue weighted by Gasteiger charge is 2.42. The van der Waals surface area contributed by atoms with Crippen molar-refractivity contribution in [1.29, 1.82) is 0 Å². The minimum Gasteiger partial charge on any atom is -0.497 e. The lowest BCUT2D eigenvalue weighted by Crippen LogP contribution is -2.38. The number of ether oxygens (including phenoxy) is 1. The number of aromatic nitrogens is 2. The fourth-order valence-electron chi connectivity index (χ4n) is 1.62. The van der Waals surface area contributed by atoms with Gasteiger partial charge in [-0.25, -0.2) is 0 Å². The summed E-state index contributed by atoms with van der Waals surface area (Å²) < 4.78 is 47.7. The Hall–Kier alpha value is -2.16. The summed E-state index contributed by atoms with van der Waals surface area (Å²) >= 11 is 0.884. The van der Waals surface area contributed by atoms with Gasteiger partial charge in [-0.3, -0.25) is 4.79 Å². The van der Waals surface area contributed by atoms with Crippen LogP contribution in [-0.2, 0) is 0 Å². The van der Waals surface area contributed by atoms with Crippen molar-refractivity contribution in [2.45, 2.75) is 12.2 Å². The van der Waals surface area contributed by atoms with Crippen molar-refractivity contribution in [2.24, 2.45) is 0 Å². The Morgan fingerprint density at radius 1 is 1.33 bits per heavy atom. The van der Waals surface area contributed by atoms with E-state index in [0.717, 1.165) is 11.5 Å². The van der Waals surface area contributed by atoms with Crippen LogP contribution in [0.5, 0.6) is 5.75 Å². The van der Waals surface area contributed by atoms with Gasteiger partial charge in [0.1, 0.15) is 5.75 Å². The first kappa shape index (κ1) is 15.2. The zero-order valence-electron chi connectivity index (χ0n) is 10.7. The number of hydrogen-bond acceptors (Lipinski definition) is 5. The summed E-state index contributed by atoms with van der Waals surface area (Å²) in [5.74, 6) is -0.503. The standard InChI is InChI=1S/C12H10F3N3O2S/c1-20-8-4-2-7(3-5-8)10(12(13,14)15)16-11(19)9-6-21-18-17-9/h2-6,10H,1H3,(H,16,19)/t10-/m0/s1. The number of hydrogen-bond donors (Lipinski definition) is 1. The smallest absolute Gasteiger partial charge is 0.412 e. The number of benzene rings is 1. The Balaban J connectivity index is 2.24. The van der Waals surface area contributed by atoms with E-state index in [1.807, 2.05) is 5.32 Å². The maximum Gasteiger partial charge on any atom is 0.412 e. The lowest BCUT2D eigenvalue weighted by atomic mass is 10.1. The summed E-state index contributed by atoms with van der Waals surface area (Å²) in [5, 5.41) is 6.63. The van der Waals surface area contributed by atoms with Crippen LogP contribution in [0.3, 0.4) is 0 Å². The first-order valence-electron chi connectivity index (χ1n) is 5.70. The molecular formula is C12H10F3N3O2S. The van der Waals surface area contributed by atoms with Gasteiger partial charge in [-0.15, -0.1) is 5.10 Å². The van der Waals surface area contributed by atoms with E-state index in [1.165, 1.54) is 36.8 Å². The van der Waals surface area contributed by atoms with E-state index in [1.54, 1.807) is 0 Å². The molecule has 1 aromatic heterocycles. The number of nitrogens with zero attached hydrogens (tertiary/aromatic N) is 2. The number of methoxy groups -OCH3 is 1. The van der Waals surface area contributed by atoms with Crippen molar-refractivity contribution in [3.63, 3.8) is 0 Å². The van der Waals surface area contributed by atoms with Crippen molar-refractivity contribution in [2.75, 3.05) is 7.11 Å². The average molecular weight is 317 g/mol. The van der Waals surface area contributed by atoms with Crippen molar-refractivity contribution >= 4 is 17.4 Å². The maximum atomic E-state index is 13.1. The fourth-order valence-corrected chi connectivity index (χ4v) is 2.06. The molecule has 1 amide bonds. The molecule has 0 spiro atoms. The van der Waals surface area contributed by atoms with Crippen LogP contribution in [0.25, 0.3) is 0 Å². The summed E-state index contributed by atoms with van der Waals surface area (Å²) in [7, 11) is 1.41. The quantitative estimate of drug-likeness (QED) is 0.941. The van der Waals surface area contributed by atoms with Crippen molar-refractivity contribution in [1.82, 2.24) is 14.9 Å². The molecule has 0 saturated heterocycles. The van der Waals surface area contributed by atoms with Gasteiger partial charge >= 0.3 is 6.18 Å². The molecule has 1 heterocycles. The second-order valence-electron chi connectivity index (χ2n) is 4.01. The highest BCUT2D eigenvalue weighted by atomic mass is 32.1. The van der Waals surface area contributed by atoms with Crippen LogP contribution in [-0.4, -0.2) is 28.8 Å². The van der Waals surface area contributed by atoms with Gasteiger partial charge in [0, 0.05) is 5.38 Å². The zero-order valence-corrected chi connectivity index (χ0v) is 11.5. The van der Waals surface area contributed by atoms with E-state index in [4.69, 9.17) is 4.74 Å². The number of carbonyl (C=O) groups is 1. The Bertz CT molecular complexity index is 599. The van der Waals surface area contributed by atoms with Crippen LogP contribution in [0.1, 0.15) is 22.1 Å². The molecular weight excluding hydrogens is 307 g/mol. The SMILES string of the molecule is COc1ccc([C@H](NC(=O)c2csnn2)C(F)(F)F)cc1. The van der Waals surface area contributed by atoms with Crippen molar-refractivity contribution in [3.8, 4) is 5.75 Å². The zero-order chi connectivity index (χ0) is 15.5. The summed E-state index contributed by atoms with van der Waals surface area (Å²) in [4.78, 5) is 11.7. The molecule has 1 atom stereocenters. The molecule has 1 N–H and O–H groups in total. The molecule has 21 heavy (non-hydrogen) atoms. The Kier molecular flexibility index (Phi) is 4.41. The second kappa shape index (κ2) is 6.08. The van der Waals surface area contributed by atoms with Crippen LogP contribution in [0.2, 0.25) is 0 Å². The second-order valence-corrected chi connectivity index (χ2v) is 4.62. The van der Waals surface area contributed by atoms with Gasteiger partial charge in [0.15, 0.2) is 11.7 Å². The predicted molar refractivity (Wildman–Crippen MR) is 69.2 cm³/mol. The van der Waals surface area contributed by atoms with Crippen LogP contribution >= 0.6 is 11.5 Å². The van der Waals surface area contributed by atoms with E-state index in [0.29, 0.717) is 5.75 Å². The highest BCUT2D eigenvalue weighted by Crippen LogP contribution is 2.33. The van der Waals surface area contributed by atoms with E-state index in [2.05, 4.69) is 9.59 Å². The first-order chi connectivity index (χ1) is 9.91. The third-order valence-corrected chi connectivity index (χ3v) is 3.15.